The molecule has 1 saturated heterocycles. The average Bonchev–Trinajstić information content (AvgIpc) is 2.51. The van der Waals surface area contributed by atoms with Crippen LogP contribution in [-0.4, -0.2) is 67.1 Å². The van der Waals surface area contributed by atoms with Gasteiger partial charge in [-0.25, -0.2) is 4.79 Å². The minimum Gasteiger partial charge on any atom is -1.00 e. The number of azide groups is 1. The Bertz CT molecular complexity index is 445. The van der Waals surface area contributed by atoms with Gasteiger partial charge in [-0.2, -0.15) is 0 Å². The molecule has 0 atom stereocenters. The van der Waals surface area contributed by atoms with Gasteiger partial charge in [0.15, 0.2) is 0 Å². The van der Waals surface area contributed by atoms with Crippen molar-refractivity contribution in [1.82, 2.24) is 10.2 Å². The number of amides is 3. The highest BCUT2D eigenvalue weighted by molar-refractivity contribution is 6.06. The van der Waals surface area contributed by atoms with E-state index in [9.17, 15) is 9.59 Å². The Kier molecular flexibility index (Phi) is 6.96. The van der Waals surface area contributed by atoms with Crippen LogP contribution in [0.4, 0.5) is 4.79 Å². The summed E-state index contributed by atoms with van der Waals surface area (Å²) in [6.45, 7) is 5.80. The van der Waals surface area contributed by atoms with Crippen LogP contribution in [0.5, 0.6) is 0 Å². The summed E-state index contributed by atoms with van der Waals surface area (Å²) in [6, 6.07) is -0.320. The van der Waals surface area contributed by atoms with Gasteiger partial charge in [0.05, 0.1) is 33.7 Å². The molecule has 3 amide bonds. The number of rotatable bonds is 7. The highest BCUT2D eigenvalue weighted by atomic mass is 35.5. The molecule has 0 bridgehead atoms. The van der Waals surface area contributed by atoms with E-state index in [0.29, 0.717) is 17.6 Å². The summed E-state index contributed by atoms with van der Waals surface area (Å²) < 4.78 is 0.687. The van der Waals surface area contributed by atoms with Gasteiger partial charge < -0.3 is 22.2 Å². The zero-order chi connectivity index (χ0) is 15.4. The first-order chi connectivity index (χ1) is 9.19. The third kappa shape index (κ3) is 5.41. The molecule has 1 N–H and O–H groups in total. The lowest BCUT2D eigenvalue weighted by atomic mass is 10.1. The van der Waals surface area contributed by atoms with Gasteiger partial charge in [-0.15, -0.1) is 0 Å². The molecule has 1 fully saturated rings. The Morgan fingerprint density at radius 2 is 1.95 bits per heavy atom. The van der Waals surface area contributed by atoms with Gasteiger partial charge in [0.25, 0.3) is 5.91 Å². The molecule has 0 radical (unpaired) electrons. The number of imide groups is 1. The first-order valence-electron chi connectivity index (χ1n) is 6.66. The molecule has 1 rings (SSSR count). The molecule has 1 heterocycles. The predicted octanol–water partition coefficient (Wildman–Crippen LogP) is -1.90. The van der Waals surface area contributed by atoms with Crippen molar-refractivity contribution in [3.8, 4) is 0 Å². The number of halogens is 1. The molecule has 0 aliphatic carbocycles. The molecule has 0 aromatic carbocycles. The van der Waals surface area contributed by atoms with Crippen molar-refractivity contribution in [3.63, 3.8) is 0 Å². The van der Waals surface area contributed by atoms with Crippen LogP contribution in [0.2, 0.25) is 0 Å². The van der Waals surface area contributed by atoms with Crippen molar-refractivity contribution in [2.24, 2.45) is 5.11 Å². The van der Waals surface area contributed by atoms with Crippen molar-refractivity contribution in [2.45, 2.75) is 25.8 Å². The monoisotopic (exact) mass is 318 g/mol. The maximum Gasteiger partial charge on any atom is 0.325 e. The average molecular weight is 319 g/mol. The molecule has 0 spiro atoms. The van der Waals surface area contributed by atoms with E-state index in [1.807, 2.05) is 14.1 Å². The van der Waals surface area contributed by atoms with E-state index in [1.165, 1.54) is 4.90 Å². The van der Waals surface area contributed by atoms with Crippen molar-refractivity contribution in [2.75, 3.05) is 40.3 Å². The number of nitrogens with zero attached hydrogens (tertiary/aromatic N) is 5. The van der Waals surface area contributed by atoms with E-state index < -0.39 is 5.54 Å². The molecule has 21 heavy (non-hydrogen) atoms. The van der Waals surface area contributed by atoms with Crippen LogP contribution < -0.4 is 17.7 Å². The minimum absolute atomic E-state index is 0. The smallest absolute Gasteiger partial charge is 0.325 e. The summed E-state index contributed by atoms with van der Waals surface area (Å²) in [5.74, 6) is -0.179. The van der Waals surface area contributed by atoms with E-state index in [4.69, 9.17) is 5.53 Å². The van der Waals surface area contributed by atoms with Crippen molar-refractivity contribution in [1.29, 1.82) is 0 Å². The zero-order valence-electron chi connectivity index (χ0n) is 13.0. The number of carbonyl (C=O) groups is 2. The third-order valence-electron chi connectivity index (χ3n) is 3.46. The second kappa shape index (κ2) is 7.49. The largest absolute Gasteiger partial charge is 1.00 e. The lowest BCUT2D eigenvalue weighted by Crippen LogP contribution is -3.00. The summed E-state index contributed by atoms with van der Waals surface area (Å²) in [6.07, 6.45) is 0.721. The molecular weight excluding hydrogens is 296 g/mol. The Labute approximate surface area is 131 Å². The van der Waals surface area contributed by atoms with E-state index in [2.05, 4.69) is 15.3 Å². The Morgan fingerprint density at radius 1 is 1.33 bits per heavy atom. The fourth-order valence-corrected chi connectivity index (χ4v) is 2.15. The van der Waals surface area contributed by atoms with Crippen molar-refractivity contribution in [3.05, 3.63) is 10.4 Å². The first kappa shape index (κ1) is 19.5. The van der Waals surface area contributed by atoms with Gasteiger partial charge in [-0.1, -0.05) is 5.11 Å². The molecule has 0 saturated carbocycles. The van der Waals surface area contributed by atoms with Crippen LogP contribution in [0.3, 0.4) is 0 Å². The third-order valence-corrected chi connectivity index (χ3v) is 3.46. The summed E-state index contributed by atoms with van der Waals surface area (Å²) in [4.78, 5) is 27.7. The summed E-state index contributed by atoms with van der Waals surface area (Å²) in [7, 11) is 4.06. The molecule has 0 unspecified atom stereocenters. The molecule has 8 nitrogen and oxygen atoms in total. The molecule has 0 aromatic heterocycles. The summed E-state index contributed by atoms with van der Waals surface area (Å²) in [5.41, 5.74) is 7.45. The Hall–Kier alpha value is -1.50. The van der Waals surface area contributed by atoms with Gasteiger partial charge in [0, 0.05) is 17.9 Å². The van der Waals surface area contributed by atoms with Crippen LogP contribution in [0.15, 0.2) is 5.11 Å². The molecular formula is C12H23ClN6O2. The van der Waals surface area contributed by atoms with E-state index in [-0.39, 0.29) is 24.3 Å². The van der Waals surface area contributed by atoms with Crippen LogP contribution in [0, 0.1) is 0 Å². The van der Waals surface area contributed by atoms with E-state index >= 15 is 0 Å². The number of hydrogen-bond acceptors (Lipinski definition) is 3. The molecule has 9 heteroatoms. The van der Waals surface area contributed by atoms with Gasteiger partial charge in [-0.3, -0.25) is 9.69 Å². The topological polar surface area (TPSA) is 98.2 Å². The van der Waals surface area contributed by atoms with Gasteiger partial charge in [0.2, 0.25) is 0 Å². The molecule has 120 valence electrons. The summed E-state index contributed by atoms with van der Waals surface area (Å²) in [5, 5.41) is 6.18. The maximum atomic E-state index is 12.0. The number of hydrogen-bond donors (Lipinski definition) is 1. The number of carbonyl (C=O) groups excluding carboxylic acids is 2. The normalized spacial score (nSPS) is 17.0. The fourth-order valence-electron chi connectivity index (χ4n) is 2.15. The highest BCUT2D eigenvalue weighted by Gasteiger charge is 2.43. The fraction of sp³-hybridized carbons (Fsp3) is 0.833. The molecule has 1 aliphatic rings. The number of nitrogens with one attached hydrogen (secondary N) is 1. The first-order valence-corrected chi connectivity index (χ1v) is 6.66. The number of likely N-dealkylation sites (N-methyl/N-ethyl adjacent to an activating group) is 1. The highest BCUT2D eigenvalue weighted by Crippen LogP contribution is 2.16. The van der Waals surface area contributed by atoms with Crippen LogP contribution in [0.1, 0.15) is 20.3 Å². The quantitative estimate of drug-likeness (QED) is 0.195. The van der Waals surface area contributed by atoms with Gasteiger partial charge in [-0.05, 0) is 19.4 Å². The molecule has 0 aromatic rings. The minimum atomic E-state index is -0.803. The lowest BCUT2D eigenvalue weighted by Gasteiger charge is -2.29. The Balaban J connectivity index is 0.00000400. The van der Waals surface area contributed by atoms with Gasteiger partial charge in [0.1, 0.15) is 5.54 Å². The molecule has 1 aliphatic heterocycles. The zero-order valence-corrected chi connectivity index (χ0v) is 13.7. The maximum absolute atomic E-state index is 12.0. The SMILES string of the molecule is CC1(C)NC(=O)N(CCC[N+](C)(C)CCN=[N+]=[N-])C1=O.[Cl-]. The number of quaternary nitrogens is 1. The Morgan fingerprint density at radius 3 is 2.43 bits per heavy atom. The van der Waals surface area contributed by atoms with E-state index in [1.54, 1.807) is 13.8 Å². The van der Waals surface area contributed by atoms with Crippen LogP contribution >= 0.6 is 0 Å². The predicted molar refractivity (Wildman–Crippen MR) is 74.8 cm³/mol. The number of urea groups is 1. The second-order valence-electron chi connectivity index (χ2n) is 6.20. The van der Waals surface area contributed by atoms with Crippen LogP contribution in [0.25, 0.3) is 10.4 Å². The standard InChI is InChI=1S/C12H22N6O2.ClH/c1-12(2)10(19)17(11(20)15-12)7-5-8-18(3,4)9-6-14-16-13;/h5-9H2,1-4H3;1H. The lowest BCUT2D eigenvalue weighted by molar-refractivity contribution is -0.889. The second-order valence-corrected chi connectivity index (χ2v) is 6.20. The van der Waals surface area contributed by atoms with E-state index in [0.717, 1.165) is 19.5 Å². The van der Waals surface area contributed by atoms with Crippen molar-refractivity contribution >= 4 is 11.9 Å². The van der Waals surface area contributed by atoms with Crippen LogP contribution in [-0.2, 0) is 4.79 Å². The van der Waals surface area contributed by atoms with Gasteiger partial charge >= 0.3 is 6.03 Å². The van der Waals surface area contributed by atoms with Crippen molar-refractivity contribution < 1.29 is 26.5 Å². The summed E-state index contributed by atoms with van der Waals surface area (Å²) >= 11 is 0.